The highest BCUT2D eigenvalue weighted by molar-refractivity contribution is 4.62. The fourth-order valence-corrected chi connectivity index (χ4v) is 1.29. The summed E-state index contributed by atoms with van der Waals surface area (Å²) in [4.78, 5) is 2.37. The van der Waals surface area contributed by atoms with Gasteiger partial charge in [-0.3, -0.25) is 0 Å². The van der Waals surface area contributed by atoms with Gasteiger partial charge in [-0.25, -0.2) is 0 Å². The quantitative estimate of drug-likeness (QED) is 0.594. The summed E-state index contributed by atoms with van der Waals surface area (Å²) in [5, 5.41) is 3.46. The predicted molar refractivity (Wildman–Crippen MR) is 66.3 cm³/mol. The fraction of sp³-hybridized carbons (Fsp3) is 1.00. The smallest absolute Gasteiger partial charge is 0.0616 e. The van der Waals surface area contributed by atoms with E-state index in [-0.39, 0.29) is 0 Å². The van der Waals surface area contributed by atoms with E-state index in [4.69, 9.17) is 4.74 Å². The van der Waals surface area contributed by atoms with Gasteiger partial charge in [0.05, 0.1) is 6.61 Å². The molecule has 15 heavy (non-hydrogen) atoms. The van der Waals surface area contributed by atoms with Crippen LogP contribution in [0, 0.1) is 0 Å². The predicted octanol–water partition coefficient (Wildman–Crippen LogP) is 1.73. The highest BCUT2D eigenvalue weighted by atomic mass is 16.5. The number of nitrogens with one attached hydrogen (secondary N) is 1. The molecule has 0 rings (SSSR count). The summed E-state index contributed by atoms with van der Waals surface area (Å²) in [6.45, 7) is 12.5. The maximum atomic E-state index is 5.34. The molecule has 0 radical (unpaired) electrons. The molecule has 92 valence electrons. The summed E-state index contributed by atoms with van der Waals surface area (Å²) in [7, 11) is 2.17. The second-order valence-electron chi connectivity index (χ2n) is 4.44. The molecule has 1 unspecified atom stereocenters. The maximum Gasteiger partial charge on any atom is 0.0616 e. The third-order valence-corrected chi connectivity index (χ3v) is 2.63. The molecule has 0 amide bonds. The fourth-order valence-electron chi connectivity index (χ4n) is 1.29. The SMILES string of the molecule is CCOCC(C)NCCCN(C)C(C)C. The Balaban J connectivity index is 3.30. The molecule has 1 atom stereocenters. The highest BCUT2D eigenvalue weighted by Gasteiger charge is 2.03. The molecule has 1 N–H and O–H groups in total. The molecular formula is C12H28N2O. The van der Waals surface area contributed by atoms with Crippen LogP contribution in [0.25, 0.3) is 0 Å². The van der Waals surface area contributed by atoms with Crippen LogP contribution in [-0.4, -0.2) is 50.3 Å². The van der Waals surface area contributed by atoms with Crippen molar-refractivity contribution >= 4 is 0 Å². The maximum absolute atomic E-state index is 5.34. The van der Waals surface area contributed by atoms with E-state index in [1.807, 2.05) is 6.92 Å². The van der Waals surface area contributed by atoms with Crippen molar-refractivity contribution < 1.29 is 4.74 Å². The Hall–Kier alpha value is -0.120. The molecule has 0 aromatic heterocycles. The number of hydrogen-bond donors (Lipinski definition) is 1. The summed E-state index contributed by atoms with van der Waals surface area (Å²) < 4.78 is 5.34. The van der Waals surface area contributed by atoms with E-state index in [0.29, 0.717) is 12.1 Å². The molecular weight excluding hydrogens is 188 g/mol. The topological polar surface area (TPSA) is 24.5 Å². The first-order valence-electron chi connectivity index (χ1n) is 6.09. The second-order valence-corrected chi connectivity index (χ2v) is 4.44. The third-order valence-electron chi connectivity index (χ3n) is 2.63. The van der Waals surface area contributed by atoms with Gasteiger partial charge in [-0.15, -0.1) is 0 Å². The normalized spacial score (nSPS) is 13.8. The summed E-state index contributed by atoms with van der Waals surface area (Å²) in [5.74, 6) is 0. The van der Waals surface area contributed by atoms with E-state index < -0.39 is 0 Å². The van der Waals surface area contributed by atoms with Gasteiger partial charge in [0.2, 0.25) is 0 Å². The van der Waals surface area contributed by atoms with Gasteiger partial charge >= 0.3 is 0 Å². The van der Waals surface area contributed by atoms with Crippen molar-refractivity contribution in [2.24, 2.45) is 0 Å². The minimum Gasteiger partial charge on any atom is -0.380 e. The van der Waals surface area contributed by atoms with Crippen molar-refractivity contribution in [3.63, 3.8) is 0 Å². The largest absolute Gasteiger partial charge is 0.380 e. The van der Waals surface area contributed by atoms with Crippen LogP contribution in [0.4, 0.5) is 0 Å². The molecule has 0 aliphatic heterocycles. The molecule has 0 saturated heterocycles. The second kappa shape index (κ2) is 9.13. The first-order chi connectivity index (χ1) is 7.07. The van der Waals surface area contributed by atoms with E-state index in [1.54, 1.807) is 0 Å². The molecule has 0 heterocycles. The van der Waals surface area contributed by atoms with Gasteiger partial charge < -0.3 is 15.0 Å². The van der Waals surface area contributed by atoms with Crippen LogP contribution in [-0.2, 0) is 4.74 Å². The van der Waals surface area contributed by atoms with Gasteiger partial charge in [0, 0.05) is 18.7 Å². The number of nitrogens with zero attached hydrogens (tertiary/aromatic N) is 1. The average molecular weight is 216 g/mol. The van der Waals surface area contributed by atoms with Gasteiger partial charge in [-0.2, -0.15) is 0 Å². The lowest BCUT2D eigenvalue weighted by molar-refractivity contribution is 0.127. The van der Waals surface area contributed by atoms with Crippen LogP contribution in [0.5, 0.6) is 0 Å². The monoisotopic (exact) mass is 216 g/mol. The van der Waals surface area contributed by atoms with E-state index in [9.17, 15) is 0 Å². The summed E-state index contributed by atoms with van der Waals surface area (Å²) in [5.41, 5.74) is 0. The van der Waals surface area contributed by atoms with Crippen molar-refractivity contribution in [2.75, 3.05) is 33.4 Å². The van der Waals surface area contributed by atoms with Crippen molar-refractivity contribution in [1.82, 2.24) is 10.2 Å². The third kappa shape index (κ3) is 8.85. The molecule has 0 fully saturated rings. The van der Waals surface area contributed by atoms with Crippen LogP contribution in [0.15, 0.2) is 0 Å². The lowest BCUT2D eigenvalue weighted by Gasteiger charge is -2.21. The van der Waals surface area contributed by atoms with Gasteiger partial charge in [0.1, 0.15) is 0 Å². The summed E-state index contributed by atoms with van der Waals surface area (Å²) >= 11 is 0. The van der Waals surface area contributed by atoms with Crippen molar-refractivity contribution in [3.05, 3.63) is 0 Å². The molecule has 0 bridgehead atoms. The van der Waals surface area contributed by atoms with Gasteiger partial charge in [0.25, 0.3) is 0 Å². The average Bonchev–Trinajstić information content (AvgIpc) is 2.20. The zero-order valence-electron chi connectivity index (χ0n) is 11.0. The van der Waals surface area contributed by atoms with Gasteiger partial charge in [-0.05, 0) is 54.3 Å². The van der Waals surface area contributed by atoms with E-state index in [0.717, 1.165) is 26.3 Å². The molecule has 0 aliphatic carbocycles. The minimum atomic E-state index is 0.467. The van der Waals surface area contributed by atoms with Crippen LogP contribution in [0.3, 0.4) is 0 Å². The summed E-state index contributed by atoms with van der Waals surface area (Å²) in [6, 6.07) is 1.11. The molecule has 3 heteroatoms. The molecule has 0 aromatic carbocycles. The number of hydrogen-bond acceptors (Lipinski definition) is 3. The van der Waals surface area contributed by atoms with Crippen molar-refractivity contribution in [1.29, 1.82) is 0 Å². The van der Waals surface area contributed by atoms with Gasteiger partial charge in [-0.1, -0.05) is 0 Å². The first kappa shape index (κ1) is 14.9. The van der Waals surface area contributed by atoms with Crippen LogP contribution >= 0.6 is 0 Å². The van der Waals surface area contributed by atoms with E-state index in [1.165, 1.54) is 6.42 Å². The Morgan fingerprint density at radius 2 is 1.93 bits per heavy atom. The first-order valence-corrected chi connectivity index (χ1v) is 6.09. The minimum absolute atomic E-state index is 0.467. The Bertz CT molecular complexity index is 140. The van der Waals surface area contributed by atoms with Crippen LogP contribution in [0.2, 0.25) is 0 Å². The Morgan fingerprint density at radius 3 is 2.47 bits per heavy atom. The molecule has 0 saturated carbocycles. The lowest BCUT2D eigenvalue weighted by Crippen LogP contribution is -2.34. The number of rotatable bonds is 9. The lowest BCUT2D eigenvalue weighted by atomic mass is 10.3. The number of ether oxygens (including phenoxy) is 1. The van der Waals surface area contributed by atoms with Gasteiger partial charge in [0.15, 0.2) is 0 Å². The zero-order valence-corrected chi connectivity index (χ0v) is 11.0. The van der Waals surface area contributed by atoms with E-state index in [2.05, 4.69) is 38.0 Å². The van der Waals surface area contributed by atoms with E-state index >= 15 is 0 Å². The van der Waals surface area contributed by atoms with Crippen LogP contribution < -0.4 is 5.32 Å². The highest BCUT2D eigenvalue weighted by Crippen LogP contribution is 1.94. The van der Waals surface area contributed by atoms with Crippen molar-refractivity contribution in [2.45, 2.75) is 46.2 Å². The molecule has 0 aliphatic rings. The Labute approximate surface area is 95.2 Å². The van der Waals surface area contributed by atoms with Crippen molar-refractivity contribution in [3.8, 4) is 0 Å². The standard InChI is InChI=1S/C12H28N2O/c1-6-15-10-12(4)13-8-7-9-14(5)11(2)3/h11-13H,6-10H2,1-5H3. The Morgan fingerprint density at radius 1 is 1.27 bits per heavy atom. The molecule has 3 nitrogen and oxygen atoms in total. The summed E-state index contributed by atoms with van der Waals surface area (Å²) in [6.07, 6.45) is 1.20. The molecule has 0 aromatic rings. The van der Waals surface area contributed by atoms with Crippen LogP contribution in [0.1, 0.15) is 34.1 Å². The Kier molecular flexibility index (Phi) is 9.06. The zero-order chi connectivity index (χ0) is 11.7. The molecule has 0 spiro atoms.